The minimum Gasteiger partial charge on any atom is -0.391 e. The van der Waals surface area contributed by atoms with Gasteiger partial charge >= 0.3 is 0 Å². The first-order valence-electron chi connectivity index (χ1n) is 7.84. The summed E-state index contributed by atoms with van der Waals surface area (Å²) in [6.45, 7) is 2.87. The summed E-state index contributed by atoms with van der Waals surface area (Å²) in [5, 5.41) is 12.8. The smallest absolute Gasteiger partial charge is 0.220 e. The third kappa shape index (κ3) is 6.39. The van der Waals surface area contributed by atoms with Gasteiger partial charge in [0.05, 0.1) is 12.1 Å². The number of aliphatic hydroxyl groups excluding tert-OH is 1. The summed E-state index contributed by atoms with van der Waals surface area (Å²) in [6, 6.07) is -0.0274. The number of nitrogens with one attached hydrogen (secondary N) is 1. The topological polar surface area (TPSA) is 75.4 Å². The maximum Gasteiger partial charge on any atom is 0.220 e. The van der Waals surface area contributed by atoms with Gasteiger partial charge in [0, 0.05) is 6.42 Å². The van der Waals surface area contributed by atoms with Gasteiger partial charge in [-0.25, -0.2) is 0 Å². The molecule has 0 heterocycles. The zero-order valence-corrected chi connectivity index (χ0v) is 12.2. The van der Waals surface area contributed by atoms with E-state index in [1.807, 2.05) is 0 Å². The molecule has 1 fully saturated rings. The molecule has 1 amide bonds. The first-order chi connectivity index (χ1) is 9.17. The lowest BCUT2D eigenvalue weighted by Gasteiger charge is -2.28. The number of carbonyl (C=O) groups excluding carboxylic acids is 1. The van der Waals surface area contributed by atoms with Crippen molar-refractivity contribution >= 4 is 5.91 Å². The van der Waals surface area contributed by atoms with Crippen molar-refractivity contribution in [3.05, 3.63) is 0 Å². The molecule has 1 unspecified atom stereocenters. The molecule has 0 radical (unpaired) electrons. The molecule has 0 bridgehead atoms. The first-order valence-corrected chi connectivity index (χ1v) is 7.84. The second kappa shape index (κ2) is 9.32. The number of amides is 1. The Labute approximate surface area is 117 Å². The highest BCUT2D eigenvalue weighted by atomic mass is 16.3. The van der Waals surface area contributed by atoms with E-state index in [0.29, 0.717) is 18.9 Å². The Morgan fingerprint density at radius 2 is 2.05 bits per heavy atom. The first kappa shape index (κ1) is 16.4. The fourth-order valence-corrected chi connectivity index (χ4v) is 2.97. The number of aliphatic hydroxyl groups is 1. The van der Waals surface area contributed by atoms with Crippen LogP contribution in [0.2, 0.25) is 0 Å². The molecular weight excluding hydrogens is 240 g/mol. The fourth-order valence-electron chi connectivity index (χ4n) is 2.97. The van der Waals surface area contributed by atoms with Crippen LogP contribution in [0, 0.1) is 5.92 Å². The van der Waals surface area contributed by atoms with Crippen molar-refractivity contribution in [3.63, 3.8) is 0 Å². The van der Waals surface area contributed by atoms with Crippen molar-refractivity contribution < 1.29 is 9.90 Å². The molecule has 1 aliphatic rings. The Balaban J connectivity index is 2.25. The summed E-state index contributed by atoms with van der Waals surface area (Å²) in [5.74, 6) is 0.654. The monoisotopic (exact) mass is 270 g/mol. The standard InChI is InChI=1S/C15H30N2O2/c1-2-5-12(10-11-16)8-9-15(19)17-13-6-3-4-7-14(13)18/h12-14,18H,2-11,16H2,1H3,(H,17,19)/t12?,13-,14-/m1/s1. The Morgan fingerprint density at radius 1 is 1.32 bits per heavy atom. The summed E-state index contributed by atoms with van der Waals surface area (Å²) >= 11 is 0. The summed E-state index contributed by atoms with van der Waals surface area (Å²) in [4.78, 5) is 11.9. The van der Waals surface area contributed by atoms with Gasteiger partial charge in [-0.05, 0) is 38.1 Å². The summed E-state index contributed by atoms with van der Waals surface area (Å²) in [6.07, 6.45) is 8.33. The van der Waals surface area contributed by atoms with E-state index in [-0.39, 0.29) is 18.1 Å². The number of hydrogen-bond acceptors (Lipinski definition) is 3. The van der Waals surface area contributed by atoms with E-state index in [0.717, 1.165) is 51.4 Å². The maximum atomic E-state index is 11.9. The highest BCUT2D eigenvalue weighted by Crippen LogP contribution is 2.20. The van der Waals surface area contributed by atoms with Crippen LogP contribution in [-0.4, -0.2) is 29.7 Å². The van der Waals surface area contributed by atoms with E-state index in [1.54, 1.807) is 0 Å². The molecule has 0 aromatic heterocycles. The molecule has 0 aromatic rings. The minimum atomic E-state index is -0.354. The van der Waals surface area contributed by atoms with Gasteiger partial charge in [0.2, 0.25) is 5.91 Å². The number of nitrogens with two attached hydrogens (primary N) is 1. The molecule has 0 saturated heterocycles. The van der Waals surface area contributed by atoms with E-state index < -0.39 is 0 Å². The number of carbonyl (C=O) groups is 1. The molecule has 19 heavy (non-hydrogen) atoms. The Morgan fingerprint density at radius 3 is 2.68 bits per heavy atom. The van der Waals surface area contributed by atoms with Crippen LogP contribution in [0.3, 0.4) is 0 Å². The van der Waals surface area contributed by atoms with E-state index in [1.165, 1.54) is 0 Å². The number of rotatable bonds is 8. The highest BCUT2D eigenvalue weighted by Gasteiger charge is 2.24. The second-order valence-corrected chi connectivity index (χ2v) is 5.80. The molecule has 1 saturated carbocycles. The zero-order chi connectivity index (χ0) is 14.1. The maximum absolute atomic E-state index is 11.9. The van der Waals surface area contributed by atoms with Gasteiger partial charge in [-0.2, -0.15) is 0 Å². The van der Waals surface area contributed by atoms with E-state index >= 15 is 0 Å². The zero-order valence-electron chi connectivity index (χ0n) is 12.2. The van der Waals surface area contributed by atoms with Crippen molar-refractivity contribution in [3.8, 4) is 0 Å². The van der Waals surface area contributed by atoms with E-state index in [9.17, 15) is 9.90 Å². The molecule has 4 heteroatoms. The largest absolute Gasteiger partial charge is 0.391 e. The summed E-state index contributed by atoms with van der Waals surface area (Å²) < 4.78 is 0. The third-order valence-corrected chi connectivity index (χ3v) is 4.13. The van der Waals surface area contributed by atoms with Crippen LogP contribution in [0.25, 0.3) is 0 Å². The van der Waals surface area contributed by atoms with Gasteiger partial charge in [-0.3, -0.25) is 4.79 Å². The van der Waals surface area contributed by atoms with Gasteiger partial charge in [-0.1, -0.05) is 32.6 Å². The molecule has 112 valence electrons. The predicted molar refractivity (Wildman–Crippen MR) is 77.7 cm³/mol. The molecule has 4 N–H and O–H groups in total. The van der Waals surface area contributed by atoms with Crippen LogP contribution >= 0.6 is 0 Å². The molecule has 0 spiro atoms. The molecule has 0 aliphatic heterocycles. The predicted octanol–water partition coefficient (Wildman–Crippen LogP) is 1.95. The van der Waals surface area contributed by atoms with Gasteiger partial charge in [0.1, 0.15) is 0 Å². The SMILES string of the molecule is CCCC(CCN)CCC(=O)N[C@@H]1CCCC[C@H]1O. The molecule has 4 nitrogen and oxygen atoms in total. The molecule has 0 aromatic carbocycles. The Bertz CT molecular complexity index is 253. The second-order valence-electron chi connectivity index (χ2n) is 5.80. The average molecular weight is 270 g/mol. The lowest BCUT2D eigenvalue weighted by Crippen LogP contribution is -2.45. The fraction of sp³-hybridized carbons (Fsp3) is 0.933. The lowest BCUT2D eigenvalue weighted by molar-refractivity contribution is -0.123. The Hall–Kier alpha value is -0.610. The highest BCUT2D eigenvalue weighted by molar-refractivity contribution is 5.76. The van der Waals surface area contributed by atoms with E-state index in [2.05, 4.69) is 12.2 Å². The molecule has 3 atom stereocenters. The van der Waals surface area contributed by atoms with Crippen molar-refractivity contribution in [2.45, 2.75) is 76.9 Å². The normalized spacial score (nSPS) is 25.0. The Kier molecular flexibility index (Phi) is 8.07. The minimum absolute atomic E-state index is 0.0274. The third-order valence-electron chi connectivity index (χ3n) is 4.13. The van der Waals surface area contributed by atoms with Crippen molar-refractivity contribution in [2.75, 3.05) is 6.54 Å². The van der Waals surface area contributed by atoms with Crippen LogP contribution in [0.4, 0.5) is 0 Å². The molecule has 1 rings (SSSR count). The van der Waals surface area contributed by atoms with Gasteiger partial charge in [0.15, 0.2) is 0 Å². The van der Waals surface area contributed by atoms with Crippen LogP contribution in [-0.2, 0) is 4.79 Å². The molecular formula is C15H30N2O2. The average Bonchev–Trinajstić information content (AvgIpc) is 2.39. The quantitative estimate of drug-likeness (QED) is 0.631. The summed E-state index contributed by atoms with van der Waals surface area (Å²) in [5.41, 5.74) is 5.60. The van der Waals surface area contributed by atoms with Gasteiger partial charge in [0.25, 0.3) is 0 Å². The van der Waals surface area contributed by atoms with E-state index in [4.69, 9.17) is 5.73 Å². The van der Waals surface area contributed by atoms with Crippen LogP contribution in [0.15, 0.2) is 0 Å². The number of hydrogen-bond donors (Lipinski definition) is 3. The van der Waals surface area contributed by atoms with Crippen LogP contribution < -0.4 is 11.1 Å². The van der Waals surface area contributed by atoms with Crippen molar-refractivity contribution in [1.82, 2.24) is 5.32 Å². The summed E-state index contributed by atoms with van der Waals surface area (Å²) in [7, 11) is 0. The lowest BCUT2D eigenvalue weighted by atomic mass is 9.91. The van der Waals surface area contributed by atoms with Crippen LogP contribution in [0.1, 0.15) is 64.7 Å². The van der Waals surface area contributed by atoms with Crippen molar-refractivity contribution in [1.29, 1.82) is 0 Å². The van der Waals surface area contributed by atoms with Crippen molar-refractivity contribution in [2.24, 2.45) is 11.7 Å². The van der Waals surface area contributed by atoms with Crippen LogP contribution in [0.5, 0.6) is 0 Å². The van der Waals surface area contributed by atoms with Gasteiger partial charge < -0.3 is 16.2 Å². The molecule has 1 aliphatic carbocycles. The van der Waals surface area contributed by atoms with Gasteiger partial charge in [-0.15, -0.1) is 0 Å².